The van der Waals surface area contributed by atoms with Gasteiger partial charge < -0.3 is 5.11 Å². The van der Waals surface area contributed by atoms with E-state index in [1.165, 1.54) is 0 Å². The number of allylic oxidation sites excluding steroid dienone is 1. The third-order valence-corrected chi connectivity index (χ3v) is 4.69. The van der Waals surface area contributed by atoms with Crippen molar-refractivity contribution in [3.63, 3.8) is 0 Å². The van der Waals surface area contributed by atoms with E-state index >= 15 is 0 Å². The van der Waals surface area contributed by atoms with E-state index in [2.05, 4.69) is 6.58 Å². The Kier molecular flexibility index (Phi) is 3.23. The molecule has 1 unspecified atom stereocenters. The van der Waals surface area contributed by atoms with Gasteiger partial charge in [-0.1, -0.05) is 5.57 Å². The second kappa shape index (κ2) is 3.96. The number of sulfone groups is 1. The van der Waals surface area contributed by atoms with Gasteiger partial charge in [-0.25, -0.2) is 8.42 Å². The molecule has 0 aliphatic carbocycles. The lowest BCUT2D eigenvalue weighted by Crippen LogP contribution is -2.32. The van der Waals surface area contributed by atoms with Crippen molar-refractivity contribution in [3.05, 3.63) is 12.2 Å². The summed E-state index contributed by atoms with van der Waals surface area (Å²) in [4.78, 5) is 11.1. The molecule has 1 aliphatic heterocycles. The molecule has 0 aromatic rings. The molecule has 4 nitrogen and oxygen atoms in total. The molecule has 15 heavy (non-hydrogen) atoms. The van der Waals surface area contributed by atoms with Crippen LogP contribution in [0.25, 0.3) is 0 Å². The highest BCUT2D eigenvalue weighted by molar-refractivity contribution is 7.91. The minimum Gasteiger partial charge on any atom is -0.481 e. The summed E-state index contributed by atoms with van der Waals surface area (Å²) in [6, 6.07) is 0. The van der Waals surface area contributed by atoms with Crippen molar-refractivity contribution in [2.24, 2.45) is 5.41 Å². The third kappa shape index (κ3) is 2.81. The molecule has 5 heteroatoms. The number of carboxylic acid groups (broad SMARTS) is 1. The first-order valence-corrected chi connectivity index (χ1v) is 6.68. The minimum absolute atomic E-state index is 0.00447. The van der Waals surface area contributed by atoms with Crippen LogP contribution in [0, 0.1) is 5.41 Å². The van der Waals surface area contributed by atoms with Crippen molar-refractivity contribution in [2.45, 2.75) is 26.2 Å². The highest BCUT2D eigenvalue weighted by Gasteiger charge is 2.47. The lowest BCUT2D eigenvalue weighted by atomic mass is 9.82. The Hall–Kier alpha value is -0.840. The zero-order valence-corrected chi connectivity index (χ0v) is 9.64. The third-order valence-electron chi connectivity index (χ3n) is 2.87. The zero-order chi connectivity index (χ0) is 11.7. The smallest absolute Gasteiger partial charge is 0.310 e. The average Bonchev–Trinajstić information content (AvgIpc) is 2.40. The van der Waals surface area contributed by atoms with Crippen LogP contribution in [0.2, 0.25) is 0 Å². The van der Waals surface area contributed by atoms with E-state index in [0.717, 1.165) is 5.57 Å². The van der Waals surface area contributed by atoms with Crippen LogP contribution in [0.3, 0.4) is 0 Å². The summed E-state index contributed by atoms with van der Waals surface area (Å²) < 4.78 is 22.6. The van der Waals surface area contributed by atoms with E-state index in [-0.39, 0.29) is 17.9 Å². The standard InChI is InChI=1S/C10H16O4S/c1-8(2)3-4-10(9(11)12)5-6-15(13,14)7-10/h1,3-7H2,2H3,(H,11,12). The van der Waals surface area contributed by atoms with Crippen LogP contribution in [0.4, 0.5) is 0 Å². The van der Waals surface area contributed by atoms with Crippen LogP contribution in [0.15, 0.2) is 12.2 Å². The summed E-state index contributed by atoms with van der Waals surface area (Å²) in [5, 5.41) is 9.11. The molecule has 1 saturated heterocycles. The zero-order valence-electron chi connectivity index (χ0n) is 8.82. The molecule has 1 N–H and O–H groups in total. The monoisotopic (exact) mass is 232 g/mol. The first-order chi connectivity index (χ1) is 6.77. The van der Waals surface area contributed by atoms with Gasteiger partial charge in [0.2, 0.25) is 0 Å². The van der Waals surface area contributed by atoms with Crippen molar-refractivity contribution >= 4 is 15.8 Å². The molecule has 1 fully saturated rings. The largest absolute Gasteiger partial charge is 0.481 e. The molecular weight excluding hydrogens is 216 g/mol. The summed E-state index contributed by atoms with van der Waals surface area (Å²) in [5.74, 6) is -1.22. The van der Waals surface area contributed by atoms with E-state index in [1.54, 1.807) is 0 Å². The molecule has 0 saturated carbocycles. The molecule has 0 aromatic heterocycles. The maximum atomic E-state index is 11.3. The van der Waals surface area contributed by atoms with Gasteiger partial charge in [0.1, 0.15) is 0 Å². The quantitative estimate of drug-likeness (QED) is 0.740. The van der Waals surface area contributed by atoms with Crippen molar-refractivity contribution in [2.75, 3.05) is 11.5 Å². The van der Waals surface area contributed by atoms with E-state index < -0.39 is 21.2 Å². The fourth-order valence-corrected chi connectivity index (χ4v) is 3.94. The van der Waals surface area contributed by atoms with Gasteiger partial charge in [0.15, 0.2) is 9.84 Å². The summed E-state index contributed by atoms with van der Waals surface area (Å²) in [5.41, 5.74) is -0.183. The Bertz CT molecular complexity index is 382. The molecule has 0 aromatic carbocycles. The molecule has 0 radical (unpaired) electrons. The van der Waals surface area contributed by atoms with E-state index in [4.69, 9.17) is 5.11 Å². The number of rotatable bonds is 4. The van der Waals surface area contributed by atoms with Gasteiger partial charge in [0.25, 0.3) is 0 Å². The van der Waals surface area contributed by atoms with Gasteiger partial charge in [-0.2, -0.15) is 0 Å². The highest BCUT2D eigenvalue weighted by Crippen LogP contribution is 2.37. The lowest BCUT2D eigenvalue weighted by Gasteiger charge is -2.21. The topological polar surface area (TPSA) is 71.4 Å². The summed E-state index contributed by atoms with van der Waals surface area (Å²) >= 11 is 0. The fraction of sp³-hybridized carbons (Fsp3) is 0.700. The average molecular weight is 232 g/mol. The molecule has 0 amide bonds. The van der Waals surface area contributed by atoms with Crippen molar-refractivity contribution in [1.82, 2.24) is 0 Å². The highest BCUT2D eigenvalue weighted by atomic mass is 32.2. The Morgan fingerprint density at radius 2 is 2.13 bits per heavy atom. The summed E-state index contributed by atoms with van der Waals surface area (Å²) in [6.45, 7) is 5.52. The predicted octanol–water partition coefficient (Wildman–Crippen LogP) is 1.23. The summed E-state index contributed by atoms with van der Waals surface area (Å²) in [7, 11) is -3.16. The maximum absolute atomic E-state index is 11.3. The molecule has 0 bridgehead atoms. The first kappa shape index (κ1) is 12.2. The van der Waals surface area contributed by atoms with Crippen molar-refractivity contribution in [3.8, 4) is 0 Å². The number of hydrogen-bond donors (Lipinski definition) is 1. The molecule has 0 spiro atoms. The van der Waals surface area contributed by atoms with Crippen LogP contribution in [-0.4, -0.2) is 31.0 Å². The van der Waals surface area contributed by atoms with Crippen LogP contribution < -0.4 is 0 Å². The van der Waals surface area contributed by atoms with Gasteiger partial charge in [-0.05, 0) is 26.2 Å². The Balaban J connectivity index is 2.83. The lowest BCUT2D eigenvalue weighted by molar-refractivity contribution is -0.147. The second-order valence-corrected chi connectivity index (χ2v) is 6.57. The second-order valence-electron chi connectivity index (χ2n) is 4.38. The maximum Gasteiger partial charge on any atom is 0.310 e. The van der Waals surface area contributed by atoms with Crippen LogP contribution in [0.5, 0.6) is 0 Å². The van der Waals surface area contributed by atoms with Crippen LogP contribution in [-0.2, 0) is 14.6 Å². The number of carboxylic acids is 1. The molecule has 1 rings (SSSR count). The first-order valence-electron chi connectivity index (χ1n) is 4.86. The molecule has 1 atom stereocenters. The predicted molar refractivity (Wildman–Crippen MR) is 57.4 cm³/mol. The van der Waals surface area contributed by atoms with Gasteiger partial charge >= 0.3 is 5.97 Å². The van der Waals surface area contributed by atoms with E-state index in [9.17, 15) is 13.2 Å². The molecule has 1 aliphatic rings. The number of aliphatic carboxylic acids is 1. The Morgan fingerprint density at radius 3 is 2.47 bits per heavy atom. The molecular formula is C10H16O4S. The van der Waals surface area contributed by atoms with Crippen LogP contribution >= 0.6 is 0 Å². The minimum atomic E-state index is -3.16. The SMILES string of the molecule is C=C(C)CCC1(C(=O)O)CCS(=O)(=O)C1. The summed E-state index contributed by atoms with van der Waals surface area (Å²) in [6.07, 6.45) is 1.18. The van der Waals surface area contributed by atoms with Gasteiger partial charge in [-0.3, -0.25) is 4.79 Å². The van der Waals surface area contributed by atoms with E-state index in [1.807, 2.05) is 6.92 Å². The molecule has 1 heterocycles. The Labute approximate surface area is 89.9 Å². The van der Waals surface area contributed by atoms with Crippen LogP contribution in [0.1, 0.15) is 26.2 Å². The van der Waals surface area contributed by atoms with Gasteiger partial charge in [-0.15, -0.1) is 6.58 Å². The Morgan fingerprint density at radius 1 is 1.53 bits per heavy atom. The fourth-order valence-electron chi connectivity index (χ4n) is 1.84. The van der Waals surface area contributed by atoms with Gasteiger partial charge in [0, 0.05) is 0 Å². The molecule has 86 valence electrons. The van der Waals surface area contributed by atoms with E-state index in [0.29, 0.717) is 12.8 Å². The van der Waals surface area contributed by atoms with Gasteiger partial charge in [0.05, 0.1) is 16.9 Å². The normalized spacial score (nSPS) is 28.9. The van der Waals surface area contributed by atoms with Crippen molar-refractivity contribution < 1.29 is 18.3 Å². The van der Waals surface area contributed by atoms with Crippen molar-refractivity contribution in [1.29, 1.82) is 0 Å². The number of hydrogen-bond acceptors (Lipinski definition) is 3. The number of carbonyl (C=O) groups is 1.